The summed E-state index contributed by atoms with van der Waals surface area (Å²) in [5, 5.41) is 10.3. The van der Waals surface area contributed by atoms with Gasteiger partial charge in [-0.2, -0.15) is 0 Å². The summed E-state index contributed by atoms with van der Waals surface area (Å²) in [6, 6.07) is 3.96. The van der Waals surface area contributed by atoms with Crippen LogP contribution in [0.3, 0.4) is 0 Å². The minimum absolute atomic E-state index is 0.0163. The molecule has 0 N–H and O–H groups in total. The fourth-order valence-corrected chi connectivity index (χ4v) is 3.74. The molecule has 2 amide bonds. The highest BCUT2D eigenvalue weighted by molar-refractivity contribution is 7.99. The molecule has 1 saturated heterocycles. The third-order valence-electron chi connectivity index (χ3n) is 3.83. The van der Waals surface area contributed by atoms with E-state index in [2.05, 4.69) is 10.2 Å². The quantitative estimate of drug-likeness (QED) is 0.679. The summed E-state index contributed by atoms with van der Waals surface area (Å²) in [6.45, 7) is 4.08. The molecule has 3 heterocycles. The van der Waals surface area contributed by atoms with Gasteiger partial charge in [-0.15, -0.1) is 21.5 Å². The fourth-order valence-electron chi connectivity index (χ4n) is 2.45. The maximum atomic E-state index is 12.3. The van der Waals surface area contributed by atoms with Crippen molar-refractivity contribution >= 4 is 47.3 Å². The molecule has 2 aromatic heterocycles. The molecule has 0 saturated carbocycles. The molecule has 0 atom stereocenters. The molecule has 10 heteroatoms. The van der Waals surface area contributed by atoms with Crippen LogP contribution < -0.4 is 0 Å². The van der Waals surface area contributed by atoms with E-state index in [1.54, 1.807) is 34.1 Å². The number of ether oxygens (including phenoxy) is 1. The predicted molar refractivity (Wildman–Crippen MR) is 103 cm³/mol. The van der Waals surface area contributed by atoms with Crippen molar-refractivity contribution in [1.82, 2.24) is 20.0 Å². The summed E-state index contributed by atoms with van der Waals surface area (Å²) in [5.74, 6) is 0.606. The van der Waals surface area contributed by atoms with Crippen molar-refractivity contribution in [2.75, 3.05) is 38.5 Å². The number of rotatable bonds is 6. The molecule has 3 rings (SSSR count). The molecule has 0 aliphatic carbocycles. The van der Waals surface area contributed by atoms with Crippen LogP contribution in [-0.4, -0.2) is 70.5 Å². The summed E-state index contributed by atoms with van der Waals surface area (Å²) in [5.41, 5.74) is 0. The maximum Gasteiger partial charge on any atom is 0.409 e. The van der Waals surface area contributed by atoms with E-state index < -0.39 is 0 Å². The first-order valence-electron chi connectivity index (χ1n) is 8.53. The van der Waals surface area contributed by atoms with Crippen molar-refractivity contribution in [3.8, 4) is 0 Å². The van der Waals surface area contributed by atoms with Gasteiger partial charge < -0.3 is 19.0 Å². The minimum Gasteiger partial charge on any atom is -0.450 e. The average molecular weight is 409 g/mol. The number of thioether (sulfide) groups is 1. The Balaban J connectivity index is 1.43. The van der Waals surface area contributed by atoms with Gasteiger partial charge in [0.25, 0.3) is 5.22 Å². The number of hydrogen-bond acceptors (Lipinski definition) is 8. The van der Waals surface area contributed by atoms with Gasteiger partial charge in [-0.3, -0.25) is 4.79 Å². The van der Waals surface area contributed by atoms with E-state index in [1.807, 2.05) is 23.6 Å². The third kappa shape index (κ3) is 5.57. The van der Waals surface area contributed by atoms with Crippen LogP contribution in [0.2, 0.25) is 0 Å². The Hall–Kier alpha value is -2.33. The molecule has 144 valence electrons. The minimum atomic E-state index is -0.326. The summed E-state index contributed by atoms with van der Waals surface area (Å²) < 4.78 is 10.5. The van der Waals surface area contributed by atoms with Crippen molar-refractivity contribution < 1.29 is 18.7 Å². The molecule has 0 bridgehead atoms. The number of amides is 2. The van der Waals surface area contributed by atoms with Crippen LogP contribution in [0.25, 0.3) is 12.2 Å². The van der Waals surface area contributed by atoms with E-state index in [1.165, 1.54) is 11.8 Å². The summed E-state index contributed by atoms with van der Waals surface area (Å²) in [7, 11) is 0. The van der Waals surface area contributed by atoms with Gasteiger partial charge in [0.2, 0.25) is 11.8 Å². The molecular formula is C17H20N4O4S2. The number of aromatic nitrogens is 2. The van der Waals surface area contributed by atoms with E-state index in [-0.39, 0.29) is 17.8 Å². The van der Waals surface area contributed by atoms with Crippen LogP contribution in [0, 0.1) is 0 Å². The Kier molecular flexibility index (Phi) is 6.88. The van der Waals surface area contributed by atoms with E-state index >= 15 is 0 Å². The van der Waals surface area contributed by atoms with Crippen molar-refractivity contribution in [2.24, 2.45) is 0 Å². The van der Waals surface area contributed by atoms with Crippen molar-refractivity contribution in [1.29, 1.82) is 0 Å². The lowest BCUT2D eigenvalue weighted by atomic mass is 10.3. The van der Waals surface area contributed by atoms with Gasteiger partial charge in [-0.25, -0.2) is 4.79 Å². The van der Waals surface area contributed by atoms with Crippen molar-refractivity contribution in [3.05, 3.63) is 28.3 Å². The number of hydrogen-bond donors (Lipinski definition) is 0. The van der Waals surface area contributed by atoms with Crippen LogP contribution in [-0.2, 0) is 9.53 Å². The molecule has 0 aromatic carbocycles. The highest BCUT2D eigenvalue weighted by Crippen LogP contribution is 2.19. The first kappa shape index (κ1) is 19.4. The smallest absolute Gasteiger partial charge is 0.409 e. The third-order valence-corrected chi connectivity index (χ3v) is 5.47. The number of carbonyl (C=O) groups excluding carboxylic acids is 2. The van der Waals surface area contributed by atoms with Crippen LogP contribution in [0.15, 0.2) is 27.2 Å². The monoisotopic (exact) mass is 408 g/mol. The maximum absolute atomic E-state index is 12.3. The number of thiophene rings is 1. The second-order valence-corrected chi connectivity index (χ2v) is 7.52. The molecule has 2 aromatic rings. The summed E-state index contributed by atoms with van der Waals surface area (Å²) in [6.07, 6.45) is 3.33. The second-order valence-electron chi connectivity index (χ2n) is 5.61. The molecular weight excluding hydrogens is 388 g/mol. The Bertz CT molecular complexity index is 783. The lowest BCUT2D eigenvalue weighted by molar-refractivity contribution is -0.129. The molecule has 0 spiro atoms. The highest BCUT2D eigenvalue weighted by atomic mass is 32.2. The number of piperazine rings is 1. The van der Waals surface area contributed by atoms with Crippen molar-refractivity contribution in [2.45, 2.75) is 12.1 Å². The van der Waals surface area contributed by atoms with E-state index in [0.717, 1.165) is 4.88 Å². The number of nitrogens with zero attached hydrogens (tertiary/aromatic N) is 4. The molecule has 1 aliphatic rings. The van der Waals surface area contributed by atoms with Gasteiger partial charge in [0, 0.05) is 37.1 Å². The highest BCUT2D eigenvalue weighted by Gasteiger charge is 2.25. The summed E-state index contributed by atoms with van der Waals surface area (Å²) >= 11 is 2.83. The molecule has 8 nitrogen and oxygen atoms in total. The Morgan fingerprint density at radius 1 is 1.26 bits per heavy atom. The zero-order valence-corrected chi connectivity index (χ0v) is 16.5. The first-order chi connectivity index (χ1) is 13.2. The molecule has 0 unspecified atom stereocenters. The average Bonchev–Trinajstić information content (AvgIpc) is 3.36. The van der Waals surface area contributed by atoms with Gasteiger partial charge in [-0.1, -0.05) is 17.8 Å². The van der Waals surface area contributed by atoms with Gasteiger partial charge in [0.15, 0.2) is 0 Å². The van der Waals surface area contributed by atoms with Gasteiger partial charge >= 0.3 is 6.09 Å². The Labute approximate surface area is 165 Å². The van der Waals surface area contributed by atoms with E-state index in [9.17, 15) is 9.59 Å². The van der Waals surface area contributed by atoms with Gasteiger partial charge in [0.1, 0.15) is 0 Å². The SMILES string of the molecule is CCOC(=O)N1CCN(C(=O)CSc2nnc(/C=C/c3cccs3)o2)CC1. The fraction of sp³-hybridized carbons (Fsp3) is 0.412. The Morgan fingerprint density at radius 2 is 2.04 bits per heavy atom. The van der Waals surface area contributed by atoms with Gasteiger partial charge in [0.05, 0.1) is 12.4 Å². The molecule has 27 heavy (non-hydrogen) atoms. The number of carbonyl (C=O) groups is 2. The van der Waals surface area contributed by atoms with E-state index in [0.29, 0.717) is 43.9 Å². The van der Waals surface area contributed by atoms with Gasteiger partial charge in [-0.05, 0) is 24.4 Å². The lowest BCUT2D eigenvalue weighted by Crippen LogP contribution is -2.51. The normalized spacial score (nSPS) is 14.7. The van der Waals surface area contributed by atoms with Crippen LogP contribution in [0.5, 0.6) is 0 Å². The molecule has 1 fully saturated rings. The Morgan fingerprint density at radius 3 is 2.74 bits per heavy atom. The van der Waals surface area contributed by atoms with Crippen molar-refractivity contribution in [3.63, 3.8) is 0 Å². The molecule has 0 radical (unpaired) electrons. The van der Waals surface area contributed by atoms with Crippen LogP contribution >= 0.6 is 23.1 Å². The van der Waals surface area contributed by atoms with Crippen LogP contribution in [0.1, 0.15) is 17.7 Å². The van der Waals surface area contributed by atoms with E-state index in [4.69, 9.17) is 9.15 Å². The topological polar surface area (TPSA) is 88.8 Å². The predicted octanol–water partition coefficient (Wildman–Crippen LogP) is 2.69. The largest absolute Gasteiger partial charge is 0.450 e. The van der Waals surface area contributed by atoms with Crippen LogP contribution in [0.4, 0.5) is 4.79 Å². The lowest BCUT2D eigenvalue weighted by Gasteiger charge is -2.33. The zero-order chi connectivity index (χ0) is 19.1. The first-order valence-corrected chi connectivity index (χ1v) is 10.4. The standard InChI is InChI=1S/C17H20N4O4S2/c1-2-24-17(23)21-9-7-20(8-10-21)15(22)12-27-16-19-18-14(25-16)6-5-13-4-3-11-26-13/h3-6,11H,2,7-10,12H2,1H3/b6-5+. The second kappa shape index (κ2) is 9.56. The molecule has 1 aliphatic heterocycles. The summed E-state index contributed by atoms with van der Waals surface area (Å²) in [4.78, 5) is 28.5. The zero-order valence-electron chi connectivity index (χ0n) is 14.9.